The van der Waals surface area contributed by atoms with Gasteiger partial charge in [-0.2, -0.15) is 0 Å². The van der Waals surface area contributed by atoms with Crippen molar-refractivity contribution in [1.82, 2.24) is 0 Å². The molecule has 0 spiro atoms. The van der Waals surface area contributed by atoms with Crippen LogP contribution in [0.15, 0.2) is 30.3 Å². The van der Waals surface area contributed by atoms with Gasteiger partial charge in [0.05, 0.1) is 0 Å². The van der Waals surface area contributed by atoms with Crippen LogP contribution in [0.4, 0.5) is 0 Å². The van der Waals surface area contributed by atoms with Gasteiger partial charge in [-0.1, -0.05) is 24.3 Å². The van der Waals surface area contributed by atoms with E-state index in [1.807, 2.05) is 30.3 Å². The van der Waals surface area contributed by atoms with E-state index in [4.69, 9.17) is 4.74 Å². The molecule has 75 valence electrons. The molecule has 0 saturated carbocycles. The predicted octanol–water partition coefficient (Wildman–Crippen LogP) is 2.08. The second-order valence-corrected chi connectivity index (χ2v) is 2.25. The van der Waals surface area contributed by atoms with Crippen molar-refractivity contribution in [3.63, 3.8) is 0 Å². The van der Waals surface area contributed by atoms with Gasteiger partial charge in [0.1, 0.15) is 12.4 Å². The molecule has 0 N–H and O–H groups in total. The first-order chi connectivity index (χ1) is 4.97. The van der Waals surface area contributed by atoms with Crippen molar-refractivity contribution in [2.75, 3.05) is 6.61 Å². The average Bonchev–Trinajstić information content (AvgIpc) is 2.05. The fraction of sp³-hybridized carbons (Fsp3) is 0.111. The van der Waals surface area contributed by atoms with Crippen LogP contribution in [0.3, 0.4) is 0 Å². The van der Waals surface area contributed by atoms with Gasteiger partial charge in [0, 0.05) is 59.9 Å². The Morgan fingerprint density at radius 3 is 2.54 bits per heavy atom. The minimum atomic E-state index is 0. The van der Waals surface area contributed by atoms with Gasteiger partial charge in [0.25, 0.3) is 0 Å². The monoisotopic (exact) mass is 347 g/mol. The number of para-hydroxylation sites is 1. The molecule has 4 heteroatoms. The Morgan fingerprint density at radius 1 is 1.15 bits per heavy atom. The van der Waals surface area contributed by atoms with Crippen LogP contribution in [0.25, 0.3) is 6.08 Å². The maximum Gasteiger partial charge on any atom is 0.126 e. The third-order valence-corrected chi connectivity index (χ3v) is 1.55. The fourth-order valence-corrected chi connectivity index (χ4v) is 1.06. The van der Waals surface area contributed by atoms with Crippen LogP contribution in [0, 0.1) is 0 Å². The number of hydrogen-bond donors (Lipinski definition) is 0. The SMILES string of the molecule is C1=Cc2ccccc2OC1.[Co].[Mo].[Ni]. The zero-order valence-electron chi connectivity index (χ0n) is 6.64. The average molecular weight is 346 g/mol. The van der Waals surface area contributed by atoms with E-state index in [9.17, 15) is 0 Å². The summed E-state index contributed by atoms with van der Waals surface area (Å²) >= 11 is 0. The third-order valence-electron chi connectivity index (χ3n) is 1.55. The molecule has 0 bridgehead atoms. The molecule has 1 aliphatic rings. The largest absolute Gasteiger partial charge is 0.489 e. The molecule has 0 atom stereocenters. The van der Waals surface area contributed by atoms with Gasteiger partial charge in [-0.05, 0) is 12.1 Å². The van der Waals surface area contributed by atoms with E-state index in [1.165, 1.54) is 5.56 Å². The summed E-state index contributed by atoms with van der Waals surface area (Å²) in [5.74, 6) is 0.991. The summed E-state index contributed by atoms with van der Waals surface area (Å²) < 4.78 is 5.34. The Morgan fingerprint density at radius 2 is 1.85 bits per heavy atom. The molecule has 0 amide bonds. The van der Waals surface area contributed by atoms with Crippen molar-refractivity contribution in [3.8, 4) is 5.75 Å². The van der Waals surface area contributed by atoms with E-state index in [-0.39, 0.29) is 54.3 Å². The van der Waals surface area contributed by atoms with Gasteiger partial charge in [-0.3, -0.25) is 0 Å². The summed E-state index contributed by atoms with van der Waals surface area (Å²) in [5.41, 5.74) is 1.17. The molecule has 1 aromatic rings. The number of benzene rings is 1. The zero-order chi connectivity index (χ0) is 6.81. The standard InChI is InChI=1S/C9H8O.Co.Mo.Ni/c1-2-6-9-8(4-1)5-3-7-10-9;;;/h1-6H,7H2;;;. The first-order valence-electron chi connectivity index (χ1n) is 3.35. The Kier molecular flexibility index (Phi) is 9.56. The Bertz CT molecular complexity index is 278. The van der Waals surface area contributed by atoms with Crippen LogP contribution >= 0.6 is 0 Å². The summed E-state index contributed by atoms with van der Waals surface area (Å²) in [5, 5.41) is 0. The van der Waals surface area contributed by atoms with E-state index in [1.54, 1.807) is 0 Å². The summed E-state index contributed by atoms with van der Waals surface area (Å²) in [6, 6.07) is 8.03. The molecule has 1 heterocycles. The van der Waals surface area contributed by atoms with E-state index < -0.39 is 0 Å². The molecule has 1 aliphatic heterocycles. The van der Waals surface area contributed by atoms with Crippen LogP contribution in [0.2, 0.25) is 0 Å². The molecule has 1 nitrogen and oxygen atoms in total. The van der Waals surface area contributed by atoms with Crippen molar-refractivity contribution in [3.05, 3.63) is 35.9 Å². The molecule has 0 saturated heterocycles. The van der Waals surface area contributed by atoms with Gasteiger partial charge >= 0.3 is 0 Å². The molecular weight excluding hydrogens is 338 g/mol. The third kappa shape index (κ3) is 3.99. The molecule has 0 aliphatic carbocycles. The van der Waals surface area contributed by atoms with Crippen molar-refractivity contribution in [2.45, 2.75) is 0 Å². The minimum Gasteiger partial charge on any atom is -0.489 e. The van der Waals surface area contributed by atoms with Crippen LogP contribution in [-0.4, -0.2) is 6.61 Å². The number of hydrogen-bond acceptors (Lipinski definition) is 1. The second kappa shape index (κ2) is 7.82. The van der Waals surface area contributed by atoms with Gasteiger partial charge < -0.3 is 4.74 Å². The molecule has 1 radical (unpaired) electrons. The van der Waals surface area contributed by atoms with Crippen LogP contribution in [0.1, 0.15) is 5.56 Å². The van der Waals surface area contributed by atoms with Crippen LogP contribution in [-0.2, 0) is 54.3 Å². The van der Waals surface area contributed by atoms with Crippen molar-refractivity contribution in [1.29, 1.82) is 0 Å². The van der Waals surface area contributed by atoms with Gasteiger partial charge in [-0.25, -0.2) is 0 Å². The minimum absolute atomic E-state index is 0. The van der Waals surface area contributed by atoms with E-state index in [2.05, 4.69) is 6.08 Å². The van der Waals surface area contributed by atoms with E-state index in [0.29, 0.717) is 6.61 Å². The van der Waals surface area contributed by atoms with Gasteiger partial charge in [-0.15, -0.1) is 0 Å². The van der Waals surface area contributed by atoms with Crippen LogP contribution in [0.5, 0.6) is 5.75 Å². The first-order valence-corrected chi connectivity index (χ1v) is 3.35. The van der Waals surface area contributed by atoms with Crippen molar-refractivity contribution < 1.29 is 59.1 Å². The Hall–Kier alpha value is 0.448. The first kappa shape index (κ1) is 15.9. The molecule has 0 aromatic heterocycles. The van der Waals surface area contributed by atoms with Crippen molar-refractivity contribution >= 4 is 6.08 Å². The Balaban J connectivity index is 0. The fourth-order valence-electron chi connectivity index (χ4n) is 1.06. The topological polar surface area (TPSA) is 9.23 Å². The Labute approximate surface area is 113 Å². The zero-order valence-corrected chi connectivity index (χ0v) is 10.7. The quantitative estimate of drug-likeness (QED) is 0.654. The van der Waals surface area contributed by atoms with Crippen LogP contribution < -0.4 is 4.74 Å². The summed E-state index contributed by atoms with van der Waals surface area (Å²) in [7, 11) is 0. The summed E-state index contributed by atoms with van der Waals surface area (Å²) in [6.45, 7) is 0.705. The van der Waals surface area contributed by atoms with E-state index in [0.717, 1.165) is 5.75 Å². The maximum atomic E-state index is 5.34. The number of ether oxygens (including phenoxy) is 1. The smallest absolute Gasteiger partial charge is 0.126 e. The molecule has 2 rings (SSSR count). The van der Waals surface area contributed by atoms with Gasteiger partial charge in [0.15, 0.2) is 0 Å². The number of fused-ring (bicyclic) bond motifs is 1. The normalized spacial score (nSPS) is 10.8. The second-order valence-electron chi connectivity index (χ2n) is 2.25. The predicted molar refractivity (Wildman–Crippen MR) is 41.0 cm³/mol. The van der Waals surface area contributed by atoms with Crippen molar-refractivity contribution in [2.24, 2.45) is 0 Å². The van der Waals surface area contributed by atoms with E-state index >= 15 is 0 Å². The summed E-state index contributed by atoms with van der Waals surface area (Å²) in [4.78, 5) is 0. The molecule has 13 heavy (non-hydrogen) atoms. The van der Waals surface area contributed by atoms with Gasteiger partial charge in [0.2, 0.25) is 0 Å². The molecule has 0 unspecified atom stereocenters. The molecule has 0 fully saturated rings. The summed E-state index contributed by atoms with van der Waals surface area (Å²) in [6.07, 6.45) is 4.10. The maximum absolute atomic E-state index is 5.34. The molecule has 1 aromatic carbocycles. The molecular formula is C9H8CoMoNiO. The number of rotatable bonds is 0.